The lowest BCUT2D eigenvalue weighted by Crippen LogP contribution is -2.20. The molecule has 0 saturated carbocycles. The zero-order valence-electron chi connectivity index (χ0n) is 10.9. The number of rotatable bonds is 2. The smallest absolute Gasteiger partial charge is 0.255 e. The molecule has 0 unspecified atom stereocenters. The summed E-state index contributed by atoms with van der Waals surface area (Å²) in [5.74, 6) is 0.488. The van der Waals surface area contributed by atoms with E-state index in [0.717, 1.165) is 47.3 Å². The summed E-state index contributed by atoms with van der Waals surface area (Å²) in [6, 6.07) is 7.73. The van der Waals surface area contributed by atoms with Crippen LogP contribution in [0.25, 0.3) is 0 Å². The van der Waals surface area contributed by atoms with Gasteiger partial charge >= 0.3 is 0 Å². The summed E-state index contributed by atoms with van der Waals surface area (Å²) in [6.07, 6.45) is 1.51. The van der Waals surface area contributed by atoms with Crippen LogP contribution in [-0.4, -0.2) is 23.1 Å². The van der Waals surface area contributed by atoms with Gasteiger partial charge < -0.3 is 10.6 Å². The number of hydrogen-bond donors (Lipinski definition) is 3. The molecule has 1 aromatic carbocycles. The molecule has 0 amide bonds. The summed E-state index contributed by atoms with van der Waals surface area (Å²) in [6.45, 7) is 1.69. The number of aromatic nitrogens is 2. The summed E-state index contributed by atoms with van der Waals surface area (Å²) in [5.41, 5.74) is 2.51. The highest BCUT2D eigenvalue weighted by molar-refractivity contribution is 9.10. The molecule has 1 aliphatic rings. The summed E-state index contributed by atoms with van der Waals surface area (Å²) < 4.78 is 0.930. The number of halogens is 1. The van der Waals surface area contributed by atoms with E-state index >= 15 is 0 Å². The van der Waals surface area contributed by atoms with E-state index in [1.54, 1.807) is 0 Å². The first-order valence-corrected chi connectivity index (χ1v) is 7.37. The number of aromatic amines is 1. The van der Waals surface area contributed by atoms with Gasteiger partial charge in [-0.1, -0.05) is 12.1 Å². The highest BCUT2D eigenvalue weighted by Crippen LogP contribution is 2.23. The summed E-state index contributed by atoms with van der Waals surface area (Å²) in [7, 11) is 0. The molecule has 104 valence electrons. The monoisotopic (exact) mass is 334 g/mol. The van der Waals surface area contributed by atoms with Gasteiger partial charge in [0.1, 0.15) is 0 Å². The quantitative estimate of drug-likeness (QED) is 0.785. The van der Waals surface area contributed by atoms with E-state index in [1.165, 1.54) is 0 Å². The Morgan fingerprint density at radius 2 is 2.00 bits per heavy atom. The Balaban J connectivity index is 1.95. The molecule has 0 fully saturated rings. The second kappa shape index (κ2) is 5.76. The molecule has 0 atom stereocenters. The third kappa shape index (κ3) is 2.76. The lowest BCUT2D eigenvalue weighted by atomic mass is 10.1. The van der Waals surface area contributed by atoms with Crippen LogP contribution in [0.2, 0.25) is 0 Å². The van der Waals surface area contributed by atoms with Gasteiger partial charge in [0.25, 0.3) is 5.56 Å². The van der Waals surface area contributed by atoms with Crippen molar-refractivity contribution in [1.29, 1.82) is 0 Å². The first-order valence-electron chi connectivity index (χ1n) is 6.58. The van der Waals surface area contributed by atoms with Crippen molar-refractivity contribution >= 4 is 27.6 Å². The normalized spacial score (nSPS) is 14.4. The van der Waals surface area contributed by atoms with Crippen molar-refractivity contribution in [3.8, 4) is 0 Å². The Labute approximate surface area is 125 Å². The van der Waals surface area contributed by atoms with Gasteiger partial charge in [-0.25, -0.2) is 4.98 Å². The van der Waals surface area contributed by atoms with E-state index in [-0.39, 0.29) is 5.56 Å². The van der Waals surface area contributed by atoms with Crippen molar-refractivity contribution in [2.45, 2.75) is 12.8 Å². The fraction of sp³-hybridized carbons (Fsp3) is 0.286. The molecule has 2 heterocycles. The predicted molar refractivity (Wildman–Crippen MR) is 82.6 cm³/mol. The third-order valence-electron chi connectivity index (χ3n) is 3.32. The molecular weight excluding hydrogens is 320 g/mol. The van der Waals surface area contributed by atoms with Gasteiger partial charge in [0.15, 0.2) is 0 Å². The van der Waals surface area contributed by atoms with Gasteiger partial charge in [-0.3, -0.25) is 9.78 Å². The molecule has 2 aromatic rings. The Bertz CT molecular complexity index is 683. The van der Waals surface area contributed by atoms with Crippen LogP contribution >= 0.6 is 15.9 Å². The minimum atomic E-state index is -0.0479. The second-order valence-corrected chi connectivity index (χ2v) is 5.55. The third-order valence-corrected chi connectivity index (χ3v) is 4.01. The van der Waals surface area contributed by atoms with Crippen LogP contribution in [0, 0.1) is 0 Å². The van der Waals surface area contributed by atoms with E-state index in [9.17, 15) is 4.79 Å². The van der Waals surface area contributed by atoms with Crippen LogP contribution in [0.3, 0.4) is 0 Å². The number of nitrogens with one attached hydrogen (secondary N) is 3. The molecule has 1 aliphatic heterocycles. The molecule has 0 aliphatic carbocycles. The number of H-pyrrole nitrogens is 1. The fourth-order valence-corrected chi connectivity index (χ4v) is 2.69. The molecule has 6 heteroatoms. The highest BCUT2D eigenvalue weighted by Gasteiger charge is 2.14. The molecule has 3 N–H and O–H groups in total. The highest BCUT2D eigenvalue weighted by atomic mass is 79.9. The van der Waals surface area contributed by atoms with Crippen molar-refractivity contribution in [2.24, 2.45) is 0 Å². The first-order chi connectivity index (χ1) is 9.74. The SMILES string of the molecule is O=c1[nH]c(Nc2ccccc2Br)nc2c1CCNCC2. The second-order valence-electron chi connectivity index (χ2n) is 4.69. The molecule has 3 rings (SSSR count). The zero-order valence-corrected chi connectivity index (χ0v) is 12.5. The summed E-state index contributed by atoms with van der Waals surface area (Å²) in [5, 5.41) is 6.43. The average Bonchev–Trinajstić information content (AvgIpc) is 2.67. The summed E-state index contributed by atoms with van der Waals surface area (Å²) >= 11 is 3.47. The van der Waals surface area contributed by atoms with Crippen molar-refractivity contribution < 1.29 is 0 Å². The number of hydrogen-bond acceptors (Lipinski definition) is 4. The van der Waals surface area contributed by atoms with Crippen molar-refractivity contribution in [1.82, 2.24) is 15.3 Å². The van der Waals surface area contributed by atoms with E-state index in [1.807, 2.05) is 24.3 Å². The van der Waals surface area contributed by atoms with Gasteiger partial charge in [0.05, 0.1) is 11.4 Å². The maximum atomic E-state index is 12.1. The van der Waals surface area contributed by atoms with Crippen molar-refractivity contribution in [3.63, 3.8) is 0 Å². The van der Waals surface area contributed by atoms with E-state index in [2.05, 4.69) is 36.5 Å². The number of para-hydroxylation sites is 1. The van der Waals surface area contributed by atoms with E-state index in [0.29, 0.717) is 5.95 Å². The molecule has 0 radical (unpaired) electrons. The lowest BCUT2D eigenvalue weighted by Gasteiger charge is -2.10. The largest absolute Gasteiger partial charge is 0.325 e. The van der Waals surface area contributed by atoms with Gasteiger partial charge in [-0.15, -0.1) is 0 Å². The number of fused-ring (bicyclic) bond motifs is 1. The number of anilines is 2. The van der Waals surface area contributed by atoms with E-state index in [4.69, 9.17) is 0 Å². The minimum Gasteiger partial charge on any atom is -0.325 e. The number of nitrogens with zero attached hydrogens (tertiary/aromatic N) is 1. The van der Waals surface area contributed by atoms with Gasteiger partial charge in [-0.05, 0) is 41.0 Å². The molecule has 0 saturated heterocycles. The van der Waals surface area contributed by atoms with Crippen LogP contribution < -0.4 is 16.2 Å². The maximum absolute atomic E-state index is 12.1. The Hall–Kier alpha value is -1.66. The maximum Gasteiger partial charge on any atom is 0.255 e. The fourth-order valence-electron chi connectivity index (χ4n) is 2.30. The van der Waals surface area contributed by atoms with Gasteiger partial charge in [0, 0.05) is 23.0 Å². The van der Waals surface area contributed by atoms with Crippen molar-refractivity contribution in [2.75, 3.05) is 18.4 Å². The Morgan fingerprint density at radius 1 is 1.20 bits per heavy atom. The van der Waals surface area contributed by atoms with Crippen molar-refractivity contribution in [3.05, 3.63) is 50.3 Å². The van der Waals surface area contributed by atoms with Crippen LogP contribution in [0.4, 0.5) is 11.6 Å². The Kier molecular flexibility index (Phi) is 3.84. The molecule has 20 heavy (non-hydrogen) atoms. The average molecular weight is 335 g/mol. The van der Waals surface area contributed by atoms with Gasteiger partial charge in [-0.2, -0.15) is 0 Å². The molecular formula is C14H15BrN4O. The van der Waals surface area contributed by atoms with Crippen LogP contribution in [0.5, 0.6) is 0 Å². The lowest BCUT2D eigenvalue weighted by molar-refractivity contribution is 0.708. The standard InChI is InChI=1S/C14H15BrN4O/c15-10-3-1-2-4-12(10)18-14-17-11-6-8-16-7-5-9(11)13(20)19-14/h1-4,16H,5-8H2,(H2,17,18,19,20). The Morgan fingerprint density at radius 3 is 2.85 bits per heavy atom. The summed E-state index contributed by atoms with van der Waals surface area (Å²) in [4.78, 5) is 19.5. The topological polar surface area (TPSA) is 69.8 Å². The molecule has 5 nitrogen and oxygen atoms in total. The van der Waals surface area contributed by atoms with Gasteiger partial charge in [0.2, 0.25) is 5.95 Å². The zero-order chi connectivity index (χ0) is 13.9. The molecule has 0 bridgehead atoms. The molecule has 0 spiro atoms. The minimum absolute atomic E-state index is 0.0479. The number of benzene rings is 1. The van der Waals surface area contributed by atoms with Crippen LogP contribution in [0.1, 0.15) is 11.3 Å². The predicted octanol–water partition coefficient (Wildman–Crippen LogP) is 1.96. The first kappa shape index (κ1) is 13.3. The van der Waals surface area contributed by atoms with E-state index < -0.39 is 0 Å². The van der Waals surface area contributed by atoms with Crippen LogP contribution in [-0.2, 0) is 12.8 Å². The van der Waals surface area contributed by atoms with Crippen LogP contribution in [0.15, 0.2) is 33.5 Å². The molecule has 1 aromatic heterocycles.